The molecule has 90 valence electrons. The minimum Gasteiger partial charge on any atom is -0.508 e. The molecule has 2 rings (SSSR count). The molecule has 2 aromatic rings. The van der Waals surface area contributed by atoms with Crippen LogP contribution in [0.4, 0.5) is 0 Å². The summed E-state index contributed by atoms with van der Waals surface area (Å²) in [4.78, 5) is 4.21. The Labute approximate surface area is 105 Å². The summed E-state index contributed by atoms with van der Waals surface area (Å²) in [7, 11) is 0. The van der Waals surface area contributed by atoms with Crippen molar-refractivity contribution in [3.63, 3.8) is 0 Å². The Bertz CT molecular complexity index is 482. The van der Waals surface area contributed by atoms with Gasteiger partial charge in [0.15, 0.2) is 0 Å². The Morgan fingerprint density at radius 2 is 2.29 bits per heavy atom. The van der Waals surface area contributed by atoms with Crippen LogP contribution in [0.5, 0.6) is 5.75 Å². The standard InChI is InChI=1S/C13H16N2OS/c1-9-3-4-11(12(16)7-9)10(2)15-8-13-14-5-6-17-13/h3-7,10,15-16H,8H2,1-2H3. The number of nitrogens with zero attached hydrogens (tertiary/aromatic N) is 1. The Morgan fingerprint density at radius 1 is 1.47 bits per heavy atom. The van der Waals surface area contributed by atoms with Gasteiger partial charge in [-0.2, -0.15) is 0 Å². The Hall–Kier alpha value is -1.39. The van der Waals surface area contributed by atoms with E-state index in [0.29, 0.717) is 5.75 Å². The van der Waals surface area contributed by atoms with Crippen LogP contribution in [-0.2, 0) is 6.54 Å². The van der Waals surface area contributed by atoms with Gasteiger partial charge < -0.3 is 10.4 Å². The number of phenolic OH excluding ortho intramolecular Hbond substituents is 1. The number of thiazole rings is 1. The highest BCUT2D eigenvalue weighted by atomic mass is 32.1. The van der Waals surface area contributed by atoms with Crippen molar-refractivity contribution in [3.8, 4) is 5.75 Å². The predicted octanol–water partition coefficient (Wildman–Crippen LogP) is 3.01. The van der Waals surface area contributed by atoms with Gasteiger partial charge in [0.2, 0.25) is 0 Å². The highest BCUT2D eigenvalue weighted by molar-refractivity contribution is 7.09. The van der Waals surface area contributed by atoms with Crippen molar-refractivity contribution in [1.29, 1.82) is 0 Å². The number of aromatic nitrogens is 1. The SMILES string of the molecule is Cc1ccc(C(C)NCc2nccs2)c(O)c1. The van der Waals surface area contributed by atoms with Crippen molar-refractivity contribution in [1.82, 2.24) is 10.3 Å². The van der Waals surface area contributed by atoms with E-state index in [1.807, 2.05) is 31.4 Å². The zero-order chi connectivity index (χ0) is 12.3. The number of aromatic hydroxyl groups is 1. The van der Waals surface area contributed by atoms with Crippen LogP contribution in [0, 0.1) is 6.92 Å². The highest BCUT2D eigenvalue weighted by Gasteiger charge is 2.10. The second-order valence-electron chi connectivity index (χ2n) is 4.09. The summed E-state index contributed by atoms with van der Waals surface area (Å²) in [6.07, 6.45) is 1.80. The molecule has 0 aliphatic rings. The van der Waals surface area contributed by atoms with E-state index in [1.165, 1.54) is 0 Å². The second kappa shape index (κ2) is 5.29. The molecule has 17 heavy (non-hydrogen) atoms. The summed E-state index contributed by atoms with van der Waals surface area (Å²) in [5.41, 5.74) is 1.99. The monoisotopic (exact) mass is 248 g/mol. The highest BCUT2D eigenvalue weighted by Crippen LogP contribution is 2.25. The third-order valence-electron chi connectivity index (χ3n) is 2.70. The summed E-state index contributed by atoms with van der Waals surface area (Å²) in [6.45, 7) is 4.74. The van der Waals surface area contributed by atoms with E-state index >= 15 is 0 Å². The van der Waals surface area contributed by atoms with Gasteiger partial charge in [0.1, 0.15) is 10.8 Å². The van der Waals surface area contributed by atoms with Gasteiger partial charge in [0.05, 0.1) is 0 Å². The maximum atomic E-state index is 9.87. The number of hydrogen-bond donors (Lipinski definition) is 2. The normalized spacial score (nSPS) is 12.6. The van der Waals surface area contributed by atoms with Crippen LogP contribution in [0.2, 0.25) is 0 Å². The van der Waals surface area contributed by atoms with Gasteiger partial charge in [-0.15, -0.1) is 11.3 Å². The summed E-state index contributed by atoms with van der Waals surface area (Å²) in [5, 5.41) is 16.2. The number of rotatable bonds is 4. The quantitative estimate of drug-likeness (QED) is 0.874. The second-order valence-corrected chi connectivity index (χ2v) is 5.07. The van der Waals surface area contributed by atoms with Crippen molar-refractivity contribution >= 4 is 11.3 Å². The van der Waals surface area contributed by atoms with Gasteiger partial charge in [-0.3, -0.25) is 0 Å². The fourth-order valence-corrected chi connectivity index (χ4v) is 2.28. The van der Waals surface area contributed by atoms with Crippen molar-refractivity contribution < 1.29 is 5.11 Å². The minimum absolute atomic E-state index is 0.111. The van der Waals surface area contributed by atoms with Crippen LogP contribution in [0.15, 0.2) is 29.8 Å². The van der Waals surface area contributed by atoms with E-state index in [2.05, 4.69) is 10.3 Å². The molecule has 3 nitrogen and oxygen atoms in total. The van der Waals surface area contributed by atoms with Gasteiger partial charge in [0.25, 0.3) is 0 Å². The molecule has 1 atom stereocenters. The van der Waals surface area contributed by atoms with Gasteiger partial charge in [0, 0.05) is 29.7 Å². The molecule has 0 bridgehead atoms. The number of nitrogens with one attached hydrogen (secondary N) is 1. The molecule has 0 spiro atoms. The first-order valence-corrected chi connectivity index (χ1v) is 6.46. The van der Waals surface area contributed by atoms with Gasteiger partial charge in [-0.25, -0.2) is 4.98 Å². The van der Waals surface area contributed by atoms with E-state index in [-0.39, 0.29) is 6.04 Å². The largest absolute Gasteiger partial charge is 0.508 e. The smallest absolute Gasteiger partial charge is 0.120 e. The third-order valence-corrected chi connectivity index (χ3v) is 3.48. The third kappa shape index (κ3) is 3.05. The molecule has 0 saturated heterocycles. The van der Waals surface area contributed by atoms with Crippen molar-refractivity contribution in [2.24, 2.45) is 0 Å². The van der Waals surface area contributed by atoms with Gasteiger partial charge >= 0.3 is 0 Å². The first kappa shape index (κ1) is 12.1. The summed E-state index contributed by atoms with van der Waals surface area (Å²) < 4.78 is 0. The van der Waals surface area contributed by atoms with Crippen LogP contribution in [-0.4, -0.2) is 10.1 Å². The molecule has 0 amide bonds. The molecule has 0 radical (unpaired) electrons. The zero-order valence-corrected chi connectivity index (χ0v) is 10.8. The number of aryl methyl sites for hydroxylation is 1. The molecule has 0 aliphatic carbocycles. The Morgan fingerprint density at radius 3 is 2.94 bits per heavy atom. The minimum atomic E-state index is 0.111. The van der Waals surface area contributed by atoms with Crippen molar-refractivity contribution in [2.45, 2.75) is 26.4 Å². The molecule has 0 aliphatic heterocycles. The summed E-state index contributed by atoms with van der Waals surface area (Å²) in [5.74, 6) is 0.351. The van der Waals surface area contributed by atoms with Crippen molar-refractivity contribution in [3.05, 3.63) is 45.9 Å². The molecule has 4 heteroatoms. The van der Waals surface area contributed by atoms with E-state index in [4.69, 9.17) is 0 Å². The lowest BCUT2D eigenvalue weighted by Gasteiger charge is -2.15. The maximum absolute atomic E-state index is 9.87. The van der Waals surface area contributed by atoms with E-state index < -0.39 is 0 Å². The summed E-state index contributed by atoms with van der Waals surface area (Å²) in [6, 6.07) is 5.87. The lowest BCUT2D eigenvalue weighted by molar-refractivity contribution is 0.452. The molecule has 1 aromatic carbocycles. The molecule has 1 unspecified atom stereocenters. The molecular weight excluding hydrogens is 232 g/mol. The van der Waals surface area contributed by atoms with Crippen LogP contribution in [0.25, 0.3) is 0 Å². The fourth-order valence-electron chi connectivity index (χ4n) is 1.71. The van der Waals surface area contributed by atoms with E-state index in [1.54, 1.807) is 23.6 Å². The fraction of sp³-hybridized carbons (Fsp3) is 0.308. The van der Waals surface area contributed by atoms with Crippen LogP contribution >= 0.6 is 11.3 Å². The number of hydrogen-bond acceptors (Lipinski definition) is 4. The first-order chi connectivity index (χ1) is 8.16. The maximum Gasteiger partial charge on any atom is 0.120 e. The van der Waals surface area contributed by atoms with E-state index in [9.17, 15) is 5.11 Å². The topological polar surface area (TPSA) is 45.2 Å². The zero-order valence-electron chi connectivity index (χ0n) is 9.97. The molecular formula is C13H16N2OS. The first-order valence-electron chi connectivity index (χ1n) is 5.58. The van der Waals surface area contributed by atoms with Crippen LogP contribution in [0.3, 0.4) is 0 Å². The lowest BCUT2D eigenvalue weighted by atomic mass is 10.1. The molecule has 2 N–H and O–H groups in total. The average Bonchev–Trinajstić information content (AvgIpc) is 2.78. The van der Waals surface area contributed by atoms with Crippen LogP contribution in [0.1, 0.15) is 29.1 Å². The Balaban J connectivity index is 2.01. The molecule has 0 fully saturated rings. The van der Waals surface area contributed by atoms with Crippen LogP contribution < -0.4 is 5.32 Å². The van der Waals surface area contributed by atoms with E-state index in [0.717, 1.165) is 22.7 Å². The molecule has 0 saturated carbocycles. The predicted molar refractivity (Wildman–Crippen MR) is 70.2 cm³/mol. The Kier molecular flexibility index (Phi) is 3.76. The number of phenols is 1. The number of benzene rings is 1. The van der Waals surface area contributed by atoms with Gasteiger partial charge in [-0.1, -0.05) is 12.1 Å². The molecule has 1 heterocycles. The lowest BCUT2D eigenvalue weighted by Crippen LogP contribution is -2.18. The van der Waals surface area contributed by atoms with Crippen molar-refractivity contribution in [2.75, 3.05) is 0 Å². The summed E-state index contributed by atoms with van der Waals surface area (Å²) >= 11 is 1.63. The average molecular weight is 248 g/mol. The molecule has 1 aromatic heterocycles. The van der Waals surface area contributed by atoms with Gasteiger partial charge in [-0.05, 0) is 25.5 Å².